The van der Waals surface area contributed by atoms with Gasteiger partial charge in [0.05, 0.1) is 4.88 Å². The molecule has 5 heteroatoms. The number of benzene rings is 1. The fraction of sp³-hybridized carbons (Fsp3) is 0.250. The molecule has 0 saturated heterocycles. The van der Waals surface area contributed by atoms with Crippen molar-refractivity contribution in [1.82, 2.24) is 4.90 Å². The molecule has 4 nitrogen and oxygen atoms in total. The molecule has 1 amide bonds. The maximum atomic E-state index is 12.6. The third kappa shape index (κ3) is 2.83. The van der Waals surface area contributed by atoms with Crippen LogP contribution in [0.2, 0.25) is 0 Å². The zero-order chi connectivity index (χ0) is 15.6. The van der Waals surface area contributed by atoms with E-state index in [4.69, 9.17) is 0 Å². The number of thiophene rings is 1. The van der Waals surface area contributed by atoms with Gasteiger partial charge < -0.3 is 10.0 Å². The normalized spacial score (nSPS) is 11.2. The minimum Gasteiger partial charge on any atom is -0.480 e. The van der Waals surface area contributed by atoms with Crippen molar-refractivity contribution in [3.8, 4) is 11.1 Å². The number of carbonyl (C=O) groups is 2. The average molecular weight is 303 g/mol. The Morgan fingerprint density at radius 2 is 1.76 bits per heavy atom. The summed E-state index contributed by atoms with van der Waals surface area (Å²) in [5.74, 6) is -1.31. The Labute approximate surface area is 127 Å². The molecule has 2 rings (SSSR count). The lowest BCUT2D eigenvalue weighted by Gasteiger charge is -2.31. The van der Waals surface area contributed by atoms with Crippen molar-refractivity contribution < 1.29 is 14.7 Å². The SMILES string of the molecule is CN(C(=O)c1sccc1-c1ccccc1)C(C)(C)C(=O)O. The molecule has 0 fully saturated rings. The van der Waals surface area contributed by atoms with E-state index in [0.717, 1.165) is 11.1 Å². The second kappa shape index (κ2) is 5.69. The number of likely N-dealkylation sites (N-methyl/N-ethyl adjacent to an activating group) is 1. The lowest BCUT2D eigenvalue weighted by atomic mass is 10.0. The zero-order valence-electron chi connectivity index (χ0n) is 12.2. The highest BCUT2D eigenvalue weighted by atomic mass is 32.1. The monoisotopic (exact) mass is 303 g/mol. The molecule has 0 aliphatic rings. The van der Waals surface area contributed by atoms with Crippen molar-refractivity contribution in [2.75, 3.05) is 7.05 Å². The van der Waals surface area contributed by atoms with E-state index in [2.05, 4.69) is 0 Å². The second-order valence-corrected chi connectivity index (χ2v) is 6.17. The Hall–Kier alpha value is -2.14. The van der Waals surface area contributed by atoms with Crippen molar-refractivity contribution in [2.45, 2.75) is 19.4 Å². The van der Waals surface area contributed by atoms with E-state index in [1.165, 1.54) is 37.1 Å². The van der Waals surface area contributed by atoms with Gasteiger partial charge in [0.15, 0.2) is 0 Å². The molecule has 0 bridgehead atoms. The van der Waals surface area contributed by atoms with Crippen LogP contribution >= 0.6 is 11.3 Å². The zero-order valence-corrected chi connectivity index (χ0v) is 13.0. The number of carboxylic acids is 1. The molecule has 1 heterocycles. The van der Waals surface area contributed by atoms with Crippen LogP contribution in [0.4, 0.5) is 0 Å². The first-order valence-corrected chi connectivity index (χ1v) is 7.38. The number of carbonyl (C=O) groups excluding carboxylic acids is 1. The largest absolute Gasteiger partial charge is 0.480 e. The number of hydrogen-bond acceptors (Lipinski definition) is 3. The van der Waals surface area contributed by atoms with E-state index in [0.29, 0.717) is 4.88 Å². The second-order valence-electron chi connectivity index (χ2n) is 5.26. The van der Waals surface area contributed by atoms with Crippen LogP contribution in [0.5, 0.6) is 0 Å². The van der Waals surface area contributed by atoms with Crippen LogP contribution in [0, 0.1) is 0 Å². The summed E-state index contributed by atoms with van der Waals surface area (Å²) in [5, 5.41) is 11.1. The average Bonchev–Trinajstić information content (AvgIpc) is 2.95. The summed E-state index contributed by atoms with van der Waals surface area (Å²) in [6, 6.07) is 11.5. The van der Waals surface area contributed by atoms with Gasteiger partial charge in [-0.2, -0.15) is 0 Å². The molecule has 1 aromatic carbocycles. The first-order valence-electron chi connectivity index (χ1n) is 6.50. The summed E-state index contributed by atoms with van der Waals surface area (Å²) in [5.41, 5.74) is 0.525. The molecule has 0 atom stereocenters. The van der Waals surface area contributed by atoms with Gasteiger partial charge in [0.2, 0.25) is 0 Å². The van der Waals surface area contributed by atoms with Crippen LogP contribution in [0.25, 0.3) is 11.1 Å². The van der Waals surface area contributed by atoms with Crippen molar-refractivity contribution >= 4 is 23.2 Å². The molecule has 0 radical (unpaired) electrons. The summed E-state index contributed by atoms with van der Waals surface area (Å²) in [7, 11) is 1.52. The van der Waals surface area contributed by atoms with Crippen LogP contribution < -0.4 is 0 Å². The first-order chi connectivity index (χ1) is 9.85. The van der Waals surface area contributed by atoms with Gasteiger partial charge in [-0.3, -0.25) is 4.79 Å². The van der Waals surface area contributed by atoms with E-state index in [-0.39, 0.29) is 5.91 Å². The van der Waals surface area contributed by atoms with Gasteiger partial charge in [-0.15, -0.1) is 11.3 Å². The molecule has 110 valence electrons. The minimum absolute atomic E-state index is 0.281. The Bertz CT molecular complexity index is 661. The topological polar surface area (TPSA) is 57.6 Å². The number of aliphatic carboxylic acids is 1. The predicted molar refractivity (Wildman–Crippen MR) is 83.6 cm³/mol. The first kappa shape index (κ1) is 15.3. The van der Waals surface area contributed by atoms with Crippen molar-refractivity contribution in [3.05, 3.63) is 46.7 Å². The molecule has 0 aliphatic heterocycles. The fourth-order valence-electron chi connectivity index (χ4n) is 1.87. The van der Waals surface area contributed by atoms with Crippen LogP contribution in [0.1, 0.15) is 23.5 Å². The van der Waals surface area contributed by atoms with Gasteiger partial charge in [-0.1, -0.05) is 30.3 Å². The summed E-state index contributed by atoms with van der Waals surface area (Å²) < 4.78 is 0. The summed E-state index contributed by atoms with van der Waals surface area (Å²) in [6.07, 6.45) is 0. The van der Waals surface area contributed by atoms with Gasteiger partial charge in [-0.05, 0) is 30.9 Å². The quantitative estimate of drug-likeness (QED) is 0.942. The van der Waals surface area contributed by atoms with E-state index in [1.54, 1.807) is 0 Å². The fourth-order valence-corrected chi connectivity index (χ4v) is 2.76. The van der Waals surface area contributed by atoms with Crippen LogP contribution in [0.15, 0.2) is 41.8 Å². The maximum Gasteiger partial charge on any atom is 0.329 e. The Morgan fingerprint density at radius 3 is 2.33 bits per heavy atom. The number of rotatable bonds is 4. The minimum atomic E-state index is -1.25. The highest BCUT2D eigenvalue weighted by Crippen LogP contribution is 2.30. The summed E-state index contributed by atoms with van der Waals surface area (Å²) in [4.78, 5) is 25.8. The molecular weight excluding hydrogens is 286 g/mol. The number of hydrogen-bond donors (Lipinski definition) is 1. The third-order valence-electron chi connectivity index (χ3n) is 3.61. The van der Waals surface area contributed by atoms with Crippen LogP contribution in [-0.4, -0.2) is 34.5 Å². The van der Waals surface area contributed by atoms with Gasteiger partial charge in [0.1, 0.15) is 5.54 Å². The molecule has 2 aromatic rings. The van der Waals surface area contributed by atoms with E-state index in [9.17, 15) is 14.7 Å². The van der Waals surface area contributed by atoms with Crippen molar-refractivity contribution in [3.63, 3.8) is 0 Å². The number of amides is 1. The van der Waals surface area contributed by atoms with Crippen LogP contribution in [-0.2, 0) is 4.79 Å². The molecular formula is C16H17NO3S. The van der Waals surface area contributed by atoms with E-state index < -0.39 is 11.5 Å². The molecule has 0 saturated carbocycles. The predicted octanol–water partition coefficient (Wildman–Crippen LogP) is 3.35. The highest BCUT2D eigenvalue weighted by Gasteiger charge is 2.36. The van der Waals surface area contributed by atoms with Crippen molar-refractivity contribution in [2.24, 2.45) is 0 Å². The maximum absolute atomic E-state index is 12.6. The van der Waals surface area contributed by atoms with Crippen molar-refractivity contribution in [1.29, 1.82) is 0 Å². The summed E-state index contributed by atoms with van der Waals surface area (Å²) >= 11 is 1.32. The Morgan fingerprint density at radius 1 is 1.14 bits per heavy atom. The molecule has 1 aromatic heterocycles. The third-order valence-corrected chi connectivity index (χ3v) is 4.51. The molecule has 0 aliphatic carbocycles. The molecule has 0 spiro atoms. The summed E-state index contributed by atoms with van der Waals surface area (Å²) in [6.45, 7) is 3.03. The van der Waals surface area contributed by atoms with E-state index >= 15 is 0 Å². The lowest BCUT2D eigenvalue weighted by molar-refractivity contribution is -0.147. The molecule has 21 heavy (non-hydrogen) atoms. The lowest BCUT2D eigenvalue weighted by Crippen LogP contribution is -2.50. The van der Waals surface area contributed by atoms with Gasteiger partial charge in [-0.25, -0.2) is 4.79 Å². The smallest absolute Gasteiger partial charge is 0.329 e. The van der Waals surface area contributed by atoms with Crippen LogP contribution in [0.3, 0.4) is 0 Å². The highest BCUT2D eigenvalue weighted by molar-refractivity contribution is 7.12. The number of carboxylic acid groups (broad SMARTS) is 1. The molecule has 0 unspecified atom stereocenters. The van der Waals surface area contributed by atoms with Gasteiger partial charge in [0, 0.05) is 12.6 Å². The Kier molecular flexibility index (Phi) is 4.14. The number of nitrogens with zero attached hydrogens (tertiary/aromatic N) is 1. The van der Waals surface area contributed by atoms with Gasteiger partial charge in [0.25, 0.3) is 5.91 Å². The molecule has 1 N–H and O–H groups in total. The Balaban J connectivity index is 2.38. The van der Waals surface area contributed by atoms with E-state index in [1.807, 2.05) is 41.8 Å². The van der Waals surface area contributed by atoms with Gasteiger partial charge >= 0.3 is 5.97 Å². The standard InChI is InChI=1S/C16H17NO3S/c1-16(2,15(19)20)17(3)14(18)13-12(9-10-21-13)11-7-5-4-6-8-11/h4-10H,1-3H3,(H,19,20).